The van der Waals surface area contributed by atoms with Crippen molar-refractivity contribution < 1.29 is 24.4 Å². The minimum atomic E-state index is -0.903. The molecule has 1 amide bonds. The van der Waals surface area contributed by atoms with Crippen molar-refractivity contribution >= 4 is 34.9 Å². The van der Waals surface area contributed by atoms with Crippen molar-refractivity contribution in [1.82, 2.24) is 0 Å². The van der Waals surface area contributed by atoms with Gasteiger partial charge < -0.3 is 15.2 Å². The molecule has 8 nitrogen and oxygen atoms in total. The fraction of sp³-hybridized carbons (Fsp3) is 0.125. The van der Waals surface area contributed by atoms with Crippen LogP contribution in [0, 0.1) is 17.0 Å². The maximum absolute atomic E-state index is 11.9. The van der Waals surface area contributed by atoms with E-state index in [1.165, 1.54) is 36.4 Å². The van der Waals surface area contributed by atoms with Crippen molar-refractivity contribution in [3.8, 4) is 5.75 Å². The summed E-state index contributed by atoms with van der Waals surface area (Å²) >= 11 is 5.67. The first-order valence-corrected chi connectivity index (χ1v) is 7.36. The number of hydrogen-bond donors (Lipinski definition) is 2. The average Bonchev–Trinajstić information content (AvgIpc) is 2.54. The highest BCUT2D eigenvalue weighted by atomic mass is 35.5. The van der Waals surface area contributed by atoms with Gasteiger partial charge in [0.2, 0.25) is 0 Å². The third-order valence-corrected chi connectivity index (χ3v) is 3.46. The molecule has 0 saturated heterocycles. The molecule has 25 heavy (non-hydrogen) atoms. The van der Waals surface area contributed by atoms with Crippen LogP contribution >= 0.6 is 11.6 Å². The predicted molar refractivity (Wildman–Crippen MR) is 89.9 cm³/mol. The molecule has 2 aromatic rings. The summed E-state index contributed by atoms with van der Waals surface area (Å²) in [5.41, 5.74) is 0.540. The minimum absolute atomic E-state index is 0.135. The van der Waals surface area contributed by atoms with E-state index in [1.54, 1.807) is 6.92 Å². The van der Waals surface area contributed by atoms with E-state index in [2.05, 4.69) is 5.32 Å². The standard InChI is InChI=1S/C16H13ClN2O6/c1-9-2-4-11(19(23)24)7-13(9)18-15(21)8-25-16(22)12-5-3-10(17)6-14(12)20/h2-7,20H,8H2,1H3,(H,18,21). The lowest BCUT2D eigenvalue weighted by Crippen LogP contribution is -2.21. The number of nitrogens with one attached hydrogen (secondary N) is 1. The Hall–Kier alpha value is -3.13. The summed E-state index contributed by atoms with van der Waals surface area (Å²) in [5, 5.41) is 23.1. The van der Waals surface area contributed by atoms with Crippen molar-refractivity contribution in [3.05, 3.63) is 62.7 Å². The Bertz CT molecular complexity index is 853. The third-order valence-electron chi connectivity index (χ3n) is 3.22. The number of anilines is 1. The average molecular weight is 365 g/mol. The number of esters is 1. The number of nitro benzene ring substituents is 1. The number of carbonyl (C=O) groups excluding carboxylic acids is 2. The molecule has 0 saturated carbocycles. The Labute approximate surface area is 147 Å². The van der Waals surface area contributed by atoms with Gasteiger partial charge in [-0.1, -0.05) is 17.7 Å². The number of phenolic OH excluding ortho intramolecular Hbond substituents is 1. The highest BCUT2D eigenvalue weighted by Crippen LogP contribution is 2.23. The number of aromatic hydroxyl groups is 1. The van der Waals surface area contributed by atoms with Gasteiger partial charge in [0.15, 0.2) is 6.61 Å². The van der Waals surface area contributed by atoms with Crippen LogP contribution in [0.2, 0.25) is 5.02 Å². The lowest BCUT2D eigenvalue weighted by Gasteiger charge is -2.09. The van der Waals surface area contributed by atoms with Gasteiger partial charge in [-0.3, -0.25) is 14.9 Å². The number of rotatable bonds is 5. The molecule has 130 valence electrons. The zero-order valence-electron chi connectivity index (χ0n) is 13.0. The second kappa shape index (κ2) is 7.63. The number of halogens is 1. The summed E-state index contributed by atoms with van der Waals surface area (Å²) in [6.45, 7) is 1.04. The zero-order valence-corrected chi connectivity index (χ0v) is 13.7. The number of carbonyl (C=O) groups is 2. The van der Waals surface area contributed by atoms with Gasteiger partial charge in [-0.05, 0) is 30.7 Å². The SMILES string of the molecule is Cc1ccc([N+](=O)[O-])cc1NC(=O)COC(=O)c1ccc(Cl)cc1O. The molecule has 0 fully saturated rings. The van der Waals surface area contributed by atoms with Gasteiger partial charge in [-0.25, -0.2) is 4.79 Å². The van der Waals surface area contributed by atoms with E-state index in [-0.39, 0.29) is 27.7 Å². The monoisotopic (exact) mass is 364 g/mol. The van der Waals surface area contributed by atoms with E-state index >= 15 is 0 Å². The van der Waals surface area contributed by atoms with Crippen molar-refractivity contribution in [1.29, 1.82) is 0 Å². The van der Waals surface area contributed by atoms with E-state index in [4.69, 9.17) is 16.3 Å². The molecule has 0 unspecified atom stereocenters. The molecule has 0 spiro atoms. The topological polar surface area (TPSA) is 119 Å². The van der Waals surface area contributed by atoms with Crippen LogP contribution in [0.25, 0.3) is 0 Å². The van der Waals surface area contributed by atoms with E-state index in [1.807, 2.05) is 0 Å². The Morgan fingerprint density at radius 2 is 2.00 bits per heavy atom. The van der Waals surface area contributed by atoms with Crippen LogP contribution < -0.4 is 5.32 Å². The number of phenols is 1. The van der Waals surface area contributed by atoms with Gasteiger partial charge in [0.25, 0.3) is 11.6 Å². The fourth-order valence-corrected chi connectivity index (χ4v) is 2.10. The molecule has 0 bridgehead atoms. The van der Waals surface area contributed by atoms with Gasteiger partial charge in [0.1, 0.15) is 11.3 Å². The maximum Gasteiger partial charge on any atom is 0.342 e. The summed E-state index contributed by atoms with van der Waals surface area (Å²) in [6.07, 6.45) is 0. The number of nitro groups is 1. The number of non-ortho nitro benzene ring substituents is 1. The quantitative estimate of drug-likeness (QED) is 0.478. The smallest absolute Gasteiger partial charge is 0.342 e. The Balaban J connectivity index is 2.00. The van der Waals surface area contributed by atoms with Crippen LogP contribution in [0.15, 0.2) is 36.4 Å². The van der Waals surface area contributed by atoms with Crippen LogP contribution in [0.5, 0.6) is 5.75 Å². The molecule has 0 aliphatic rings. The first-order valence-electron chi connectivity index (χ1n) is 6.98. The number of hydrogen-bond acceptors (Lipinski definition) is 6. The van der Waals surface area contributed by atoms with Gasteiger partial charge in [-0.2, -0.15) is 0 Å². The fourth-order valence-electron chi connectivity index (χ4n) is 1.93. The van der Waals surface area contributed by atoms with Gasteiger partial charge in [0, 0.05) is 17.2 Å². The second-order valence-corrected chi connectivity index (χ2v) is 5.48. The molecular formula is C16H13ClN2O6. The highest BCUT2D eigenvalue weighted by molar-refractivity contribution is 6.30. The minimum Gasteiger partial charge on any atom is -0.507 e. The van der Waals surface area contributed by atoms with Crippen LogP contribution in [-0.2, 0) is 9.53 Å². The molecule has 0 radical (unpaired) electrons. The number of aryl methyl sites for hydroxylation is 1. The molecular weight excluding hydrogens is 352 g/mol. The van der Waals surface area contributed by atoms with Gasteiger partial charge >= 0.3 is 5.97 Å². The largest absolute Gasteiger partial charge is 0.507 e. The number of benzene rings is 2. The van der Waals surface area contributed by atoms with Crippen LogP contribution in [0.4, 0.5) is 11.4 Å². The molecule has 0 aromatic heterocycles. The zero-order chi connectivity index (χ0) is 18.6. The van der Waals surface area contributed by atoms with E-state index < -0.39 is 23.4 Å². The van der Waals surface area contributed by atoms with Crippen molar-refractivity contribution in [2.24, 2.45) is 0 Å². The lowest BCUT2D eigenvalue weighted by atomic mass is 10.2. The maximum atomic E-state index is 11.9. The summed E-state index contributed by atoms with van der Waals surface area (Å²) in [6, 6.07) is 7.84. The van der Waals surface area contributed by atoms with Crippen LogP contribution in [-0.4, -0.2) is 28.5 Å². The van der Waals surface area contributed by atoms with Crippen LogP contribution in [0.3, 0.4) is 0 Å². The second-order valence-electron chi connectivity index (χ2n) is 5.04. The molecule has 2 rings (SSSR count). The summed E-state index contributed by atoms with van der Waals surface area (Å²) in [4.78, 5) is 33.9. The van der Waals surface area contributed by atoms with Gasteiger partial charge in [-0.15, -0.1) is 0 Å². The van der Waals surface area contributed by atoms with Crippen molar-refractivity contribution in [2.75, 3.05) is 11.9 Å². The number of amides is 1. The highest BCUT2D eigenvalue weighted by Gasteiger charge is 2.16. The molecule has 0 aliphatic carbocycles. The van der Waals surface area contributed by atoms with E-state index in [9.17, 15) is 24.8 Å². The van der Waals surface area contributed by atoms with Crippen molar-refractivity contribution in [2.45, 2.75) is 6.92 Å². The number of ether oxygens (including phenoxy) is 1. The summed E-state index contributed by atoms with van der Waals surface area (Å²) in [7, 11) is 0. The van der Waals surface area contributed by atoms with E-state index in [0.717, 1.165) is 0 Å². The van der Waals surface area contributed by atoms with E-state index in [0.29, 0.717) is 5.56 Å². The molecule has 0 aliphatic heterocycles. The Morgan fingerprint density at radius 3 is 2.64 bits per heavy atom. The van der Waals surface area contributed by atoms with Crippen LogP contribution in [0.1, 0.15) is 15.9 Å². The van der Waals surface area contributed by atoms with Gasteiger partial charge in [0.05, 0.1) is 10.6 Å². The number of nitrogens with zero attached hydrogens (tertiary/aromatic N) is 1. The van der Waals surface area contributed by atoms with Crippen molar-refractivity contribution in [3.63, 3.8) is 0 Å². The third kappa shape index (κ3) is 4.67. The predicted octanol–water partition coefficient (Wildman–Crippen LogP) is 3.06. The molecule has 9 heteroatoms. The molecule has 0 atom stereocenters. The summed E-state index contributed by atoms with van der Waals surface area (Å²) < 4.78 is 4.81. The molecule has 0 heterocycles. The molecule has 2 aromatic carbocycles. The first kappa shape index (κ1) is 18.2. The molecule has 2 N–H and O–H groups in total. The lowest BCUT2D eigenvalue weighted by molar-refractivity contribution is -0.384. The normalized spacial score (nSPS) is 10.2. The first-order chi connectivity index (χ1) is 11.8. The summed E-state index contributed by atoms with van der Waals surface area (Å²) in [5.74, 6) is -1.95. The Kier molecular flexibility index (Phi) is 5.56. The Morgan fingerprint density at radius 1 is 1.28 bits per heavy atom.